The number of fused-ring (bicyclic) bond motifs is 1. The van der Waals surface area contributed by atoms with Crippen molar-refractivity contribution >= 4 is 11.7 Å². The number of piperidine rings is 1. The van der Waals surface area contributed by atoms with Gasteiger partial charge in [-0.25, -0.2) is 0 Å². The molecule has 0 radical (unpaired) electrons. The highest BCUT2D eigenvalue weighted by atomic mass is 16.3. The van der Waals surface area contributed by atoms with Crippen molar-refractivity contribution in [1.29, 1.82) is 0 Å². The van der Waals surface area contributed by atoms with Crippen molar-refractivity contribution in [2.75, 3.05) is 40.3 Å². The van der Waals surface area contributed by atoms with Crippen molar-refractivity contribution in [3.63, 3.8) is 0 Å². The van der Waals surface area contributed by atoms with Crippen molar-refractivity contribution < 1.29 is 14.7 Å². The average molecular weight is 330 g/mol. The van der Waals surface area contributed by atoms with Crippen molar-refractivity contribution in [2.45, 2.75) is 25.7 Å². The molecular formula is C19H26N2O3. The molecule has 1 atom stereocenters. The van der Waals surface area contributed by atoms with E-state index < -0.39 is 0 Å². The quantitative estimate of drug-likeness (QED) is 0.911. The molecule has 1 aliphatic heterocycles. The number of amides is 1. The number of hydrogen-bond acceptors (Lipinski definition) is 4. The summed E-state index contributed by atoms with van der Waals surface area (Å²) in [7, 11) is 3.99. The standard InChI is InChI=1S/C19H26N2O3/c1-20(2)11-19(13-22)9-4-10-21(12-19)18(24)16-6-3-5-15-14(16)7-8-17(15)23/h3,5-6,22H,4,7-13H2,1-2H3. The molecule has 1 unspecified atom stereocenters. The first-order valence-electron chi connectivity index (χ1n) is 8.66. The number of aliphatic hydroxyl groups excluding tert-OH is 1. The van der Waals surface area contributed by atoms with Crippen LogP contribution < -0.4 is 0 Å². The van der Waals surface area contributed by atoms with Crippen LogP contribution in [0, 0.1) is 5.41 Å². The summed E-state index contributed by atoms with van der Waals surface area (Å²) in [6.07, 6.45) is 2.98. The summed E-state index contributed by atoms with van der Waals surface area (Å²) in [6, 6.07) is 5.46. The third kappa shape index (κ3) is 3.10. The van der Waals surface area contributed by atoms with Crippen molar-refractivity contribution in [3.8, 4) is 0 Å². The molecule has 5 nitrogen and oxygen atoms in total. The van der Waals surface area contributed by atoms with E-state index in [-0.39, 0.29) is 23.7 Å². The van der Waals surface area contributed by atoms with Gasteiger partial charge in [-0.15, -0.1) is 0 Å². The summed E-state index contributed by atoms with van der Waals surface area (Å²) in [5.74, 6) is 0.133. The van der Waals surface area contributed by atoms with Crippen molar-refractivity contribution in [1.82, 2.24) is 9.80 Å². The minimum atomic E-state index is -0.259. The molecule has 1 saturated heterocycles. The molecule has 1 aromatic carbocycles. The van der Waals surface area contributed by atoms with Crippen molar-refractivity contribution in [2.24, 2.45) is 5.41 Å². The highest BCUT2D eigenvalue weighted by Gasteiger charge is 2.38. The lowest BCUT2D eigenvalue weighted by atomic mass is 9.80. The van der Waals surface area contributed by atoms with Gasteiger partial charge in [0.1, 0.15) is 0 Å². The van der Waals surface area contributed by atoms with E-state index in [2.05, 4.69) is 4.90 Å². The molecule has 0 bridgehead atoms. The number of nitrogens with zero attached hydrogens (tertiary/aromatic N) is 2. The summed E-state index contributed by atoms with van der Waals surface area (Å²) in [4.78, 5) is 28.9. The molecule has 3 rings (SSSR count). The van der Waals surface area contributed by atoms with E-state index in [0.29, 0.717) is 37.1 Å². The number of carbonyl (C=O) groups is 2. The first-order valence-corrected chi connectivity index (χ1v) is 8.66. The van der Waals surface area contributed by atoms with E-state index in [0.717, 1.165) is 24.9 Å². The monoisotopic (exact) mass is 330 g/mol. The predicted octanol–water partition coefficient (Wildman–Crippen LogP) is 1.59. The minimum Gasteiger partial charge on any atom is -0.396 e. The number of ketones is 1. The van der Waals surface area contributed by atoms with Crippen LogP contribution in [0.25, 0.3) is 0 Å². The molecule has 0 spiro atoms. The topological polar surface area (TPSA) is 60.9 Å². The molecule has 1 N–H and O–H groups in total. The first-order chi connectivity index (χ1) is 11.5. The second kappa shape index (κ2) is 6.65. The largest absolute Gasteiger partial charge is 0.396 e. The summed E-state index contributed by atoms with van der Waals surface area (Å²) in [5.41, 5.74) is 2.02. The lowest BCUT2D eigenvalue weighted by Crippen LogP contribution is -2.52. The maximum atomic E-state index is 13.1. The van der Waals surface area contributed by atoms with E-state index in [1.54, 1.807) is 6.07 Å². The van der Waals surface area contributed by atoms with Gasteiger partial charge >= 0.3 is 0 Å². The van der Waals surface area contributed by atoms with Crippen LogP contribution in [-0.4, -0.2) is 66.9 Å². The fourth-order valence-corrected chi connectivity index (χ4v) is 4.22. The fourth-order valence-electron chi connectivity index (χ4n) is 4.22. The third-order valence-corrected chi connectivity index (χ3v) is 5.24. The lowest BCUT2D eigenvalue weighted by Gasteiger charge is -2.43. The Morgan fingerprint density at radius 1 is 1.33 bits per heavy atom. The average Bonchev–Trinajstić information content (AvgIpc) is 2.95. The van der Waals surface area contributed by atoms with Gasteiger partial charge in [0.15, 0.2) is 5.78 Å². The van der Waals surface area contributed by atoms with Crippen LogP contribution in [0.15, 0.2) is 18.2 Å². The SMILES string of the molecule is CN(C)CC1(CO)CCCN(C(=O)c2cccc3c2CCC3=O)C1. The molecule has 130 valence electrons. The second-order valence-corrected chi connectivity index (χ2v) is 7.48. The number of rotatable bonds is 4. The third-order valence-electron chi connectivity index (χ3n) is 5.24. The van der Waals surface area contributed by atoms with Gasteiger partial charge in [0, 0.05) is 42.6 Å². The summed E-state index contributed by atoms with van der Waals surface area (Å²) >= 11 is 0. The number of Topliss-reactive ketones (excluding diaryl/α,β-unsaturated/α-hetero) is 1. The Labute approximate surface area is 143 Å². The highest BCUT2D eigenvalue weighted by Crippen LogP contribution is 2.32. The van der Waals surface area contributed by atoms with Gasteiger partial charge in [-0.05, 0) is 45.0 Å². The van der Waals surface area contributed by atoms with E-state index in [1.807, 2.05) is 31.1 Å². The van der Waals surface area contributed by atoms with Gasteiger partial charge in [0.05, 0.1) is 6.61 Å². The molecule has 0 saturated carbocycles. The number of aliphatic hydroxyl groups is 1. The van der Waals surface area contributed by atoms with E-state index >= 15 is 0 Å². The van der Waals surface area contributed by atoms with E-state index in [4.69, 9.17) is 0 Å². The van der Waals surface area contributed by atoms with Crippen LogP contribution in [0.2, 0.25) is 0 Å². The van der Waals surface area contributed by atoms with Crippen molar-refractivity contribution in [3.05, 3.63) is 34.9 Å². The minimum absolute atomic E-state index is 0.00201. The van der Waals surface area contributed by atoms with Crippen LogP contribution in [0.4, 0.5) is 0 Å². The maximum Gasteiger partial charge on any atom is 0.254 e. The number of likely N-dealkylation sites (tertiary alicyclic amines) is 1. The Kier molecular flexibility index (Phi) is 4.74. The first kappa shape index (κ1) is 17.1. The molecule has 1 amide bonds. The molecule has 1 aliphatic carbocycles. The highest BCUT2D eigenvalue weighted by molar-refractivity contribution is 6.05. The zero-order valence-corrected chi connectivity index (χ0v) is 14.5. The smallest absolute Gasteiger partial charge is 0.254 e. The number of carbonyl (C=O) groups excluding carboxylic acids is 2. The van der Waals surface area contributed by atoms with Crippen LogP contribution in [0.3, 0.4) is 0 Å². The Balaban J connectivity index is 1.84. The Bertz CT molecular complexity index is 656. The zero-order valence-electron chi connectivity index (χ0n) is 14.5. The summed E-state index contributed by atoms with van der Waals surface area (Å²) in [6.45, 7) is 2.13. The molecule has 0 aromatic heterocycles. The molecule has 2 aliphatic rings. The lowest BCUT2D eigenvalue weighted by molar-refractivity contribution is 0.0138. The molecule has 1 fully saturated rings. The molecular weight excluding hydrogens is 304 g/mol. The van der Waals surface area contributed by atoms with Crippen LogP contribution >= 0.6 is 0 Å². The molecule has 24 heavy (non-hydrogen) atoms. The van der Waals surface area contributed by atoms with Gasteiger partial charge in [0.2, 0.25) is 0 Å². The normalized spacial score (nSPS) is 23.7. The van der Waals surface area contributed by atoms with Gasteiger partial charge < -0.3 is 14.9 Å². The Hall–Kier alpha value is -1.72. The number of benzene rings is 1. The summed E-state index contributed by atoms with van der Waals surface area (Å²) in [5, 5.41) is 9.94. The van der Waals surface area contributed by atoms with Gasteiger partial charge in [-0.2, -0.15) is 0 Å². The number of hydrogen-bond donors (Lipinski definition) is 1. The molecule has 1 aromatic rings. The van der Waals surface area contributed by atoms with Gasteiger partial charge in [-0.3, -0.25) is 9.59 Å². The summed E-state index contributed by atoms with van der Waals surface area (Å²) < 4.78 is 0. The maximum absolute atomic E-state index is 13.1. The fraction of sp³-hybridized carbons (Fsp3) is 0.579. The predicted molar refractivity (Wildman–Crippen MR) is 92.3 cm³/mol. The van der Waals surface area contributed by atoms with E-state index in [1.165, 1.54) is 0 Å². The van der Waals surface area contributed by atoms with Gasteiger partial charge in [0.25, 0.3) is 5.91 Å². The second-order valence-electron chi connectivity index (χ2n) is 7.48. The molecule has 5 heteroatoms. The van der Waals surface area contributed by atoms with Crippen LogP contribution in [-0.2, 0) is 6.42 Å². The Morgan fingerprint density at radius 2 is 2.12 bits per heavy atom. The zero-order chi connectivity index (χ0) is 17.3. The molecule has 1 heterocycles. The van der Waals surface area contributed by atoms with E-state index in [9.17, 15) is 14.7 Å². The van der Waals surface area contributed by atoms with Gasteiger partial charge in [-0.1, -0.05) is 12.1 Å². The Morgan fingerprint density at radius 3 is 2.83 bits per heavy atom. The van der Waals surface area contributed by atoms with Crippen LogP contribution in [0.5, 0.6) is 0 Å². The van der Waals surface area contributed by atoms with Crippen LogP contribution in [0.1, 0.15) is 45.5 Å².